The van der Waals surface area contributed by atoms with Crippen LogP contribution in [0.1, 0.15) is 258 Å². The van der Waals surface area contributed by atoms with E-state index < -0.39 is 24.3 Å². The number of carboxylic acids is 1. The Balaban J connectivity index is 4.20. The molecular formula is C58H108NO8+. The second kappa shape index (κ2) is 49.9. The van der Waals surface area contributed by atoms with Crippen LogP contribution in [0.5, 0.6) is 0 Å². The van der Waals surface area contributed by atoms with Gasteiger partial charge in [-0.1, -0.05) is 211 Å². The maximum atomic E-state index is 12.9. The number of aliphatic carboxylic acids is 1. The molecule has 0 bridgehead atoms. The third kappa shape index (κ3) is 51.2. The molecule has 0 saturated heterocycles. The first-order chi connectivity index (χ1) is 32.6. The molecule has 9 nitrogen and oxygen atoms in total. The summed E-state index contributed by atoms with van der Waals surface area (Å²) in [6, 6.07) is 0. The van der Waals surface area contributed by atoms with Crippen LogP contribution in [0, 0.1) is 0 Å². The quantitative estimate of drug-likeness (QED) is 0.0211. The monoisotopic (exact) mass is 947 g/mol. The zero-order chi connectivity index (χ0) is 49.2. The van der Waals surface area contributed by atoms with Gasteiger partial charge in [0.1, 0.15) is 13.2 Å². The van der Waals surface area contributed by atoms with Crippen LogP contribution in [0.2, 0.25) is 0 Å². The summed E-state index contributed by atoms with van der Waals surface area (Å²) in [7, 11) is 5.97. The van der Waals surface area contributed by atoms with E-state index in [4.69, 9.17) is 18.9 Å². The lowest BCUT2D eigenvalue weighted by Gasteiger charge is -2.25. The molecule has 0 rings (SSSR count). The first kappa shape index (κ1) is 64.5. The highest BCUT2D eigenvalue weighted by atomic mass is 16.7. The van der Waals surface area contributed by atoms with Crippen LogP contribution in [0.3, 0.4) is 0 Å². The molecule has 0 aromatic heterocycles. The van der Waals surface area contributed by atoms with Gasteiger partial charge in [0, 0.05) is 12.8 Å². The zero-order valence-corrected chi connectivity index (χ0v) is 44.6. The van der Waals surface area contributed by atoms with Gasteiger partial charge in [-0.05, 0) is 70.6 Å². The van der Waals surface area contributed by atoms with Gasteiger partial charge < -0.3 is 28.5 Å². The van der Waals surface area contributed by atoms with Gasteiger partial charge >= 0.3 is 17.9 Å². The predicted octanol–water partition coefficient (Wildman–Crippen LogP) is 16.1. The maximum Gasteiger partial charge on any atom is 0.361 e. The van der Waals surface area contributed by atoms with Gasteiger partial charge in [0.15, 0.2) is 6.10 Å². The number of nitrogens with zero attached hydrogens (tertiary/aromatic N) is 1. The molecule has 0 amide bonds. The molecule has 2 unspecified atom stereocenters. The average Bonchev–Trinajstić information content (AvgIpc) is 3.29. The van der Waals surface area contributed by atoms with Crippen molar-refractivity contribution in [2.45, 2.75) is 270 Å². The highest BCUT2D eigenvalue weighted by molar-refractivity contribution is 5.71. The molecular weight excluding hydrogens is 839 g/mol. The highest BCUT2D eigenvalue weighted by Crippen LogP contribution is 2.16. The minimum atomic E-state index is -1.51. The molecule has 0 heterocycles. The first-order valence-corrected chi connectivity index (χ1v) is 28.2. The summed E-state index contributed by atoms with van der Waals surface area (Å²) in [5, 5.41) is 9.68. The summed E-state index contributed by atoms with van der Waals surface area (Å²) in [6.45, 7) is 4.88. The second-order valence-electron chi connectivity index (χ2n) is 20.2. The fourth-order valence-electron chi connectivity index (χ4n) is 7.98. The number of allylic oxidation sites excluding steroid dienone is 6. The summed E-state index contributed by atoms with van der Waals surface area (Å²) in [5.41, 5.74) is 0. The normalized spacial score (nSPS) is 13.0. The van der Waals surface area contributed by atoms with Crippen LogP contribution in [0.4, 0.5) is 0 Å². The summed E-state index contributed by atoms with van der Waals surface area (Å²) in [4.78, 5) is 37.3. The Morgan fingerprint density at radius 3 is 1.19 bits per heavy atom. The van der Waals surface area contributed by atoms with Crippen molar-refractivity contribution in [2.24, 2.45) is 0 Å². The molecule has 2 atom stereocenters. The van der Waals surface area contributed by atoms with Gasteiger partial charge in [0.05, 0.1) is 34.4 Å². The van der Waals surface area contributed by atoms with Crippen molar-refractivity contribution in [3.63, 3.8) is 0 Å². The van der Waals surface area contributed by atoms with Crippen molar-refractivity contribution in [2.75, 3.05) is 47.5 Å². The van der Waals surface area contributed by atoms with E-state index in [0.717, 1.165) is 57.8 Å². The number of unbranched alkanes of at least 4 members (excludes halogenated alkanes) is 31. The van der Waals surface area contributed by atoms with Crippen LogP contribution in [-0.4, -0.2) is 87.4 Å². The average molecular weight is 948 g/mol. The third-order valence-corrected chi connectivity index (χ3v) is 12.4. The number of esters is 2. The van der Waals surface area contributed by atoms with Crippen LogP contribution < -0.4 is 0 Å². The molecule has 0 aliphatic rings. The smallest absolute Gasteiger partial charge is 0.361 e. The number of hydrogen-bond acceptors (Lipinski definition) is 7. The van der Waals surface area contributed by atoms with E-state index in [1.54, 1.807) is 0 Å². The van der Waals surface area contributed by atoms with Crippen molar-refractivity contribution in [1.29, 1.82) is 0 Å². The summed E-state index contributed by atoms with van der Waals surface area (Å²) in [5.74, 6) is -2.00. The minimum absolute atomic E-state index is 0.184. The molecule has 67 heavy (non-hydrogen) atoms. The molecule has 0 fully saturated rings. The van der Waals surface area contributed by atoms with E-state index in [9.17, 15) is 19.5 Å². The number of ether oxygens (including phenoxy) is 4. The van der Waals surface area contributed by atoms with E-state index in [-0.39, 0.29) is 32.2 Å². The van der Waals surface area contributed by atoms with E-state index in [0.29, 0.717) is 17.4 Å². The Morgan fingerprint density at radius 2 is 0.806 bits per heavy atom. The van der Waals surface area contributed by atoms with Crippen LogP contribution >= 0.6 is 0 Å². The minimum Gasteiger partial charge on any atom is -0.477 e. The zero-order valence-electron chi connectivity index (χ0n) is 44.6. The molecule has 0 radical (unpaired) electrons. The number of likely N-dealkylation sites (N-methyl/N-ethyl adjacent to an activating group) is 1. The summed E-state index contributed by atoms with van der Waals surface area (Å²) < 4.78 is 22.8. The fourth-order valence-corrected chi connectivity index (χ4v) is 7.98. The summed E-state index contributed by atoms with van der Waals surface area (Å²) in [6.07, 6.45) is 56.5. The Bertz CT molecular complexity index is 1190. The topological polar surface area (TPSA) is 108 Å². The van der Waals surface area contributed by atoms with Crippen LogP contribution in [0.15, 0.2) is 36.5 Å². The van der Waals surface area contributed by atoms with Gasteiger partial charge in [-0.25, -0.2) is 4.79 Å². The number of hydrogen-bond donors (Lipinski definition) is 1. The molecule has 0 aliphatic carbocycles. The number of carbonyl (C=O) groups excluding carboxylic acids is 2. The van der Waals surface area contributed by atoms with Gasteiger partial charge in [0.2, 0.25) is 0 Å². The fraction of sp³-hybridized carbons (Fsp3) is 0.845. The third-order valence-electron chi connectivity index (χ3n) is 12.4. The Kier molecular flexibility index (Phi) is 48.1. The van der Waals surface area contributed by atoms with Gasteiger partial charge in [-0.3, -0.25) is 9.59 Å². The Labute approximate surface area is 413 Å². The van der Waals surface area contributed by atoms with Crippen molar-refractivity contribution in [3.05, 3.63) is 36.5 Å². The SMILES string of the molecule is CCCCCCC/C=C\C/C=C\CCCCCCCCCCCCCCCCCC(=O)OC(COC(=O)CCCCCCC/C=C\CCCCCCCC)COC(OCC[N+](C)(C)C)C(=O)O. The van der Waals surface area contributed by atoms with E-state index in [1.807, 2.05) is 21.1 Å². The molecule has 0 spiro atoms. The van der Waals surface area contributed by atoms with Crippen molar-refractivity contribution in [1.82, 2.24) is 0 Å². The Hall–Kier alpha value is -2.49. The second-order valence-corrected chi connectivity index (χ2v) is 20.2. The highest BCUT2D eigenvalue weighted by Gasteiger charge is 2.25. The molecule has 392 valence electrons. The van der Waals surface area contributed by atoms with Crippen LogP contribution in [0.25, 0.3) is 0 Å². The molecule has 0 aliphatic heterocycles. The van der Waals surface area contributed by atoms with Gasteiger partial charge in [0.25, 0.3) is 6.29 Å². The lowest BCUT2D eigenvalue weighted by atomic mass is 10.0. The number of carbonyl (C=O) groups is 3. The molecule has 0 aromatic carbocycles. The lowest BCUT2D eigenvalue weighted by Crippen LogP contribution is -2.40. The molecule has 0 aromatic rings. The van der Waals surface area contributed by atoms with Crippen molar-refractivity contribution in [3.8, 4) is 0 Å². The summed E-state index contributed by atoms with van der Waals surface area (Å²) >= 11 is 0. The number of quaternary nitrogens is 1. The van der Waals surface area contributed by atoms with Crippen molar-refractivity contribution < 1.29 is 42.9 Å². The Morgan fingerprint density at radius 1 is 0.448 bits per heavy atom. The maximum absolute atomic E-state index is 12.9. The predicted molar refractivity (Wildman–Crippen MR) is 281 cm³/mol. The standard InChI is InChI=1S/C58H107NO8/c1-6-8-10-12-14-16-18-20-22-23-24-25-26-27-28-29-30-31-32-33-35-37-39-41-43-45-47-49-56(61)67-54(53-66-58(57(62)63)64-51-50-59(3,4)5)52-65-55(60)48-46-44-42-40-38-36-34-21-19-17-15-13-11-9-7-2/h18,20-21,23-24,34,54,58H,6-17,19,22,25-33,35-53H2,1-5H3/p+1/b20-18-,24-23-,34-21-. The lowest BCUT2D eigenvalue weighted by molar-refractivity contribution is -0.870. The molecule has 9 heteroatoms. The molecule has 1 N–H and O–H groups in total. The van der Waals surface area contributed by atoms with Gasteiger partial charge in [-0.15, -0.1) is 0 Å². The number of rotatable bonds is 52. The number of carboxylic acid groups (broad SMARTS) is 1. The van der Waals surface area contributed by atoms with E-state index in [2.05, 4.69) is 50.3 Å². The van der Waals surface area contributed by atoms with Crippen molar-refractivity contribution >= 4 is 17.9 Å². The largest absolute Gasteiger partial charge is 0.477 e. The van der Waals surface area contributed by atoms with Gasteiger partial charge in [-0.2, -0.15) is 0 Å². The van der Waals surface area contributed by atoms with Crippen LogP contribution in [-0.2, 0) is 33.3 Å². The van der Waals surface area contributed by atoms with E-state index in [1.165, 1.54) is 173 Å². The van der Waals surface area contributed by atoms with E-state index >= 15 is 0 Å². The molecule has 0 saturated carbocycles. The first-order valence-electron chi connectivity index (χ1n) is 28.2.